The predicted molar refractivity (Wildman–Crippen MR) is 49.8 cm³/mol. The fraction of sp³-hybridized carbons (Fsp3) is 0. The molecule has 0 aliphatic carbocycles. The van der Waals surface area contributed by atoms with E-state index in [2.05, 4.69) is 31.9 Å². The molecule has 7 heteroatoms. The molecule has 0 saturated carbocycles. The van der Waals surface area contributed by atoms with Gasteiger partial charge in [-0.2, -0.15) is 0 Å². The number of hydrogen-bond acceptors (Lipinski definition) is 3. The van der Waals surface area contributed by atoms with Gasteiger partial charge in [0.1, 0.15) is 10.1 Å². The van der Waals surface area contributed by atoms with E-state index in [0.717, 1.165) is 0 Å². The molecule has 0 N–H and O–H groups in total. The summed E-state index contributed by atoms with van der Waals surface area (Å²) in [7, 11) is -4.38. The molecule has 0 atom stereocenters. The molecule has 3 nitrogen and oxygen atoms in total. The molecule has 13 heavy (non-hydrogen) atoms. The van der Waals surface area contributed by atoms with Crippen LogP contribution in [0.3, 0.4) is 0 Å². The summed E-state index contributed by atoms with van der Waals surface area (Å²) in [6.45, 7) is 0. The maximum Gasteiger partial charge on any atom is 1.00 e. The molecule has 0 amide bonds. The Morgan fingerprint density at radius 1 is 1.23 bits per heavy atom. The normalized spacial score (nSPS) is 10.7. The van der Waals surface area contributed by atoms with Crippen molar-refractivity contribution in [3.8, 4) is 0 Å². The largest absolute Gasteiger partial charge is 1.00 e. The number of hydrogen-bond donors (Lipinski definition) is 0. The van der Waals surface area contributed by atoms with E-state index in [1.165, 1.54) is 12.1 Å². The van der Waals surface area contributed by atoms with Crippen molar-refractivity contribution < 1.29 is 71.2 Å². The molecule has 0 aromatic heterocycles. The third-order valence-electron chi connectivity index (χ3n) is 1.16. The summed E-state index contributed by atoms with van der Waals surface area (Å²) in [5, 5.41) is 0. The number of benzene rings is 1. The van der Waals surface area contributed by atoms with Crippen LogP contribution in [0.5, 0.6) is 0 Å². The minimum atomic E-state index is -4.38. The molecular formula is C6H3Br2O3RbS. The van der Waals surface area contributed by atoms with E-state index in [4.69, 9.17) is 0 Å². The Morgan fingerprint density at radius 3 is 2.15 bits per heavy atom. The van der Waals surface area contributed by atoms with Crippen molar-refractivity contribution in [3.05, 3.63) is 27.1 Å². The van der Waals surface area contributed by atoms with E-state index in [9.17, 15) is 13.0 Å². The Hall–Kier alpha value is 1.90. The van der Waals surface area contributed by atoms with Crippen molar-refractivity contribution in [1.29, 1.82) is 0 Å². The minimum absolute atomic E-state index is 0. The Kier molecular flexibility index (Phi) is 6.69. The second kappa shape index (κ2) is 5.84. The summed E-state index contributed by atoms with van der Waals surface area (Å²) < 4.78 is 32.6. The average Bonchev–Trinajstić information content (AvgIpc) is 1.92. The Bertz CT molecular complexity index is 404. The van der Waals surface area contributed by atoms with Gasteiger partial charge in [0, 0.05) is 8.95 Å². The number of halogens is 2. The van der Waals surface area contributed by atoms with Crippen LogP contribution in [0.25, 0.3) is 0 Å². The Labute approximate surface area is 142 Å². The van der Waals surface area contributed by atoms with Crippen LogP contribution in [0.2, 0.25) is 0 Å². The van der Waals surface area contributed by atoms with Crippen LogP contribution in [0.1, 0.15) is 0 Å². The van der Waals surface area contributed by atoms with Gasteiger partial charge in [0.05, 0.1) is 4.90 Å². The van der Waals surface area contributed by atoms with E-state index in [1.54, 1.807) is 6.07 Å². The first-order valence-corrected chi connectivity index (χ1v) is 5.81. The Morgan fingerprint density at radius 2 is 1.77 bits per heavy atom. The van der Waals surface area contributed by atoms with Crippen LogP contribution < -0.4 is 58.2 Å². The van der Waals surface area contributed by atoms with Crippen molar-refractivity contribution in [2.45, 2.75) is 4.90 Å². The van der Waals surface area contributed by atoms with Gasteiger partial charge in [-0.05, 0) is 34.1 Å². The molecule has 0 unspecified atom stereocenters. The fourth-order valence-electron chi connectivity index (χ4n) is 0.669. The molecule has 66 valence electrons. The monoisotopic (exact) mass is 398 g/mol. The van der Waals surface area contributed by atoms with Crippen molar-refractivity contribution >= 4 is 42.0 Å². The third kappa shape index (κ3) is 4.50. The van der Waals surface area contributed by atoms with Gasteiger partial charge in [-0.3, -0.25) is 0 Å². The van der Waals surface area contributed by atoms with Crippen molar-refractivity contribution in [3.63, 3.8) is 0 Å². The second-order valence-electron chi connectivity index (χ2n) is 2.03. The number of rotatable bonds is 1. The van der Waals surface area contributed by atoms with Crippen molar-refractivity contribution in [2.75, 3.05) is 0 Å². The molecule has 1 aromatic rings. The van der Waals surface area contributed by atoms with Gasteiger partial charge in [-0.15, -0.1) is 0 Å². The summed E-state index contributed by atoms with van der Waals surface area (Å²) >= 11 is 6.03. The predicted octanol–water partition coefficient (Wildman–Crippen LogP) is -0.880. The topological polar surface area (TPSA) is 57.2 Å². The standard InChI is InChI=1S/C6H4Br2O3S.Rb/c7-4-1-2-5(8)6(3-4)12(9,10)11;/h1-3H,(H,9,10,11);/q;+1/p-1. The first-order chi connectivity index (χ1) is 5.41. The molecular weight excluding hydrogens is 397 g/mol. The van der Waals surface area contributed by atoms with E-state index >= 15 is 0 Å². The summed E-state index contributed by atoms with van der Waals surface area (Å²) in [5.41, 5.74) is 0. The van der Waals surface area contributed by atoms with Crippen LogP contribution >= 0.6 is 31.9 Å². The summed E-state index contributed by atoms with van der Waals surface area (Å²) in [6.07, 6.45) is 0. The zero-order chi connectivity index (χ0) is 9.35. The van der Waals surface area contributed by atoms with E-state index in [-0.39, 0.29) is 67.6 Å². The van der Waals surface area contributed by atoms with E-state index < -0.39 is 10.1 Å². The van der Waals surface area contributed by atoms with Gasteiger partial charge >= 0.3 is 58.2 Å². The summed E-state index contributed by atoms with van der Waals surface area (Å²) in [4.78, 5) is -0.253. The van der Waals surface area contributed by atoms with Crippen LogP contribution in [0.4, 0.5) is 0 Å². The fourth-order valence-corrected chi connectivity index (χ4v) is 2.60. The molecule has 0 aliphatic rings. The smallest absolute Gasteiger partial charge is 0.744 e. The Balaban J connectivity index is 0.00000144. The average molecular weight is 400 g/mol. The molecule has 0 fully saturated rings. The molecule has 0 bridgehead atoms. The first kappa shape index (κ1) is 14.9. The molecule has 0 radical (unpaired) electrons. The van der Waals surface area contributed by atoms with Gasteiger partial charge < -0.3 is 4.55 Å². The molecule has 0 heterocycles. The maximum atomic E-state index is 10.6. The molecule has 1 rings (SSSR count). The maximum absolute atomic E-state index is 10.6. The quantitative estimate of drug-likeness (QED) is 0.576. The van der Waals surface area contributed by atoms with Crippen LogP contribution in [-0.4, -0.2) is 13.0 Å². The van der Waals surface area contributed by atoms with Crippen LogP contribution in [-0.2, 0) is 10.1 Å². The van der Waals surface area contributed by atoms with Crippen LogP contribution in [0, 0.1) is 0 Å². The van der Waals surface area contributed by atoms with Gasteiger partial charge in [0.15, 0.2) is 0 Å². The summed E-state index contributed by atoms with van der Waals surface area (Å²) in [5.74, 6) is 0. The van der Waals surface area contributed by atoms with E-state index in [1.807, 2.05) is 0 Å². The SMILES string of the molecule is O=S(=O)([O-])c1cc(Br)ccc1Br.[Rb+]. The minimum Gasteiger partial charge on any atom is -0.744 e. The molecule has 1 aromatic carbocycles. The van der Waals surface area contributed by atoms with Gasteiger partial charge in [-0.1, -0.05) is 15.9 Å². The molecule has 0 spiro atoms. The second-order valence-corrected chi connectivity index (χ2v) is 5.15. The van der Waals surface area contributed by atoms with Gasteiger partial charge in [0.2, 0.25) is 0 Å². The van der Waals surface area contributed by atoms with E-state index in [0.29, 0.717) is 4.47 Å². The zero-order valence-corrected chi connectivity index (χ0v) is 15.5. The first-order valence-electron chi connectivity index (χ1n) is 2.82. The van der Waals surface area contributed by atoms with Crippen molar-refractivity contribution in [1.82, 2.24) is 0 Å². The molecule has 0 aliphatic heterocycles. The van der Waals surface area contributed by atoms with Crippen molar-refractivity contribution in [2.24, 2.45) is 0 Å². The van der Waals surface area contributed by atoms with Gasteiger partial charge in [0.25, 0.3) is 0 Å². The van der Waals surface area contributed by atoms with Crippen LogP contribution in [0.15, 0.2) is 32.0 Å². The molecule has 0 saturated heterocycles. The zero-order valence-electron chi connectivity index (χ0n) is 6.62. The van der Waals surface area contributed by atoms with Gasteiger partial charge in [-0.25, -0.2) is 8.42 Å². The summed E-state index contributed by atoms with van der Waals surface area (Å²) in [6, 6.07) is 4.39. The third-order valence-corrected chi connectivity index (χ3v) is 3.49.